The van der Waals surface area contributed by atoms with Crippen LogP contribution in [0.15, 0.2) is 24.3 Å². The standard InChI is InChI=1S/C16H25NS/c1-3-4-5-6-14-7-9-15(10-8-14)17-16-11-12-18-13(16)2/h7-10,13,16-17H,3-6,11-12H2,1-2H3. The zero-order valence-electron chi connectivity index (χ0n) is 11.6. The van der Waals surface area contributed by atoms with Crippen LogP contribution < -0.4 is 5.32 Å². The van der Waals surface area contributed by atoms with Crippen LogP contribution in [-0.2, 0) is 6.42 Å². The Morgan fingerprint density at radius 1 is 1.22 bits per heavy atom. The van der Waals surface area contributed by atoms with Gasteiger partial charge in [-0.1, -0.05) is 38.8 Å². The molecule has 1 aromatic carbocycles. The molecule has 2 unspecified atom stereocenters. The second-order valence-corrected chi connectivity index (χ2v) is 6.75. The van der Waals surface area contributed by atoms with Crippen molar-refractivity contribution >= 4 is 17.4 Å². The van der Waals surface area contributed by atoms with Crippen molar-refractivity contribution in [2.75, 3.05) is 11.1 Å². The number of aryl methyl sites for hydroxylation is 1. The monoisotopic (exact) mass is 263 g/mol. The van der Waals surface area contributed by atoms with Gasteiger partial charge in [-0.15, -0.1) is 0 Å². The Morgan fingerprint density at radius 2 is 2.00 bits per heavy atom. The molecule has 18 heavy (non-hydrogen) atoms. The fourth-order valence-electron chi connectivity index (χ4n) is 2.48. The highest BCUT2D eigenvalue weighted by molar-refractivity contribution is 8.00. The molecule has 1 aliphatic rings. The largest absolute Gasteiger partial charge is 0.381 e. The van der Waals surface area contributed by atoms with Gasteiger partial charge in [0, 0.05) is 17.0 Å². The van der Waals surface area contributed by atoms with Crippen LogP contribution in [0.4, 0.5) is 5.69 Å². The van der Waals surface area contributed by atoms with Crippen LogP contribution >= 0.6 is 11.8 Å². The lowest BCUT2D eigenvalue weighted by molar-refractivity contribution is 0.716. The van der Waals surface area contributed by atoms with E-state index in [9.17, 15) is 0 Å². The molecule has 0 bridgehead atoms. The number of unbranched alkanes of at least 4 members (excludes halogenated alkanes) is 2. The molecule has 1 aromatic rings. The highest BCUT2D eigenvalue weighted by Crippen LogP contribution is 2.28. The maximum absolute atomic E-state index is 3.66. The lowest BCUT2D eigenvalue weighted by atomic mass is 10.1. The number of rotatable bonds is 6. The van der Waals surface area contributed by atoms with E-state index in [0.29, 0.717) is 6.04 Å². The van der Waals surface area contributed by atoms with Crippen LogP contribution in [-0.4, -0.2) is 17.0 Å². The van der Waals surface area contributed by atoms with Crippen molar-refractivity contribution in [3.8, 4) is 0 Å². The number of nitrogens with one attached hydrogen (secondary N) is 1. The van der Waals surface area contributed by atoms with E-state index in [4.69, 9.17) is 0 Å². The van der Waals surface area contributed by atoms with Gasteiger partial charge in [-0.05, 0) is 42.7 Å². The fourth-order valence-corrected chi connectivity index (χ4v) is 3.68. The zero-order valence-corrected chi connectivity index (χ0v) is 12.4. The predicted molar refractivity (Wildman–Crippen MR) is 83.6 cm³/mol. The van der Waals surface area contributed by atoms with Crippen molar-refractivity contribution in [2.45, 2.75) is 57.2 Å². The molecule has 0 amide bonds. The maximum Gasteiger partial charge on any atom is 0.0385 e. The Morgan fingerprint density at radius 3 is 2.61 bits per heavy atom. The number of benzene rings is 1. The minimum Gasteiger partial charge on any atom is -0.381 e. The van der Waals surface area contributed by atoms with Gasteiger partial charge >= 0.3 is 0 Å². The first-order chi connectivity index (χ1) is 8.79. The Kier molecular flexibility index (Phi) is 5.43. The Labute approximate surface area is 116 Å². The van der Waals surface area contributed by atoms with Crippen LogP contribution in [0.5, 0.6) is 0 Å². The highest BCUT2D eigenvalue weighted by atomic mass is 32.2. The van der Waals surface area contributed by atoms with Crippen molar-refractivity contribution in [2.24, 2.45) is 0 Å². The van der Waals surface area contributed by atoms with Gasteiger partial charge in [-0.25, -0.2) is 0 Å². The summed E-state index contributed by atoms with van der Waals surface area (Å²) in [5.74, 6) is 1.30. The minimum atomic E-state index is 0.654. The first-order valence-electron chi connectivity index (χ1n) is 7.26. The molecule has 100 valence electrons. The van der Waals surface area contributed by atoms with Crippen LogP contribution in [0.25, 0.3) is 0 Å². The van der Waals surface area contributed by atoms with Crippen molar-refractivity contribution in [1.29, 1.82) is 0 Å². The Bertz CT molecular complexity index is 347. The smallest absolute Gasteiger partial charge is 0.0385 e. The van der Waals surface area contributed by atoms with Gasteiger partial charge in [0.05, 0.1) is 0 Å². The quantitative estimate of drug-likeness (QED) is 0.745. The molecule has 2 atom stereocenters. The van der Waals surface area contributed by atoms with E-state index in [0.717, 1.165) is 5.25 Å². The third-order valence-electron chi connectivity index (χ3n) is 3.75. The second kappa shape index (κ2) is 7.08. The van der Waals surface area contributed by atoms with Crippen molar-refractivity contribution in [1.82, 2.24) is 0 Å². The van der Waals surface area contributed by atoms with E-state index >= 15 is 0 Å². The molecule has 0 spiro atoms. The van der Waals surface area contributed by atoms with Gasteiger partial charge < -0.3 is 5.32 Å². The lowest BCUT2D eigenvalue weighted by Crippen LogP contribution is -2.24. The maximum atomic E-state index is 3.66. The first kappa shape index (κ1) is 13.8. The molecule has 0 aliphatic carbocycles. The Balaban J connectivity index is 1.83. The molecular weight excluding hydrogens is 238 g/mol. The fraction of sp³-hybridized carbons (Fsp3) is 0.625. The molecule has 1 heterocycles. The van der Waals surface area contributed by atoms with Gasteiger partial charge in [-0.2, -0.15) is 11.8 Å². The molecule has 2 rings (SSSR count). The topological polar surface area (TPSA) is 12.0 Å². The van der Waals surface area contributed by atoms with E-state index in [2.05, 4.69) is 55.2 Å². The summed E-state index contributed by atoms with van der Waals surface area (Å²) in [7, 11) is 0. The lowest BCUT2D eigenvalue weighted by Gasteiger charge is -2.18. The summed E-state index contributed by atoms with van der Waals surface area (Å²) in [4.78, 5) is 0. The summed E-state index contributed by atoms with van der Waals surface area (Å²) in [5, 5.41) is 4.41. The normalized spacial score (nSPS) is 23.2. The summed E-state index contributed by atoms with van der Waals surface area (Å²) in [6.07, 6.45) is 6.49. The number of hydrogen-bond acceptors (Lipinski definition) is 2. The molecule has 2 heteroatoms. The van der Waals surface area contributed by atoms with Crippen LogP contribution in [0.1, 0.15) is 45.1 Å². The SMILES string of the molecule is CCCCCc1ccc(NC2CCSC2C)cc1. The third-order valence-corrected chi connectivity index (χ3v) is 5.08. The minimum absolute atomic E-state index is 0.654. The van der Waals surface area contributed by atoms with E-state index in [-0.39, 0.29) is 0 Å². The zero-order chi connectivity index (χ0) is 12.8. The van der Waals surface area contributed by atoms with Gasteiger partial charge in [0.15, 0.2) is 0 Å². The Hall–Kier alpha value is -0.630. The third kappa shape index (κ3) is 3.94. The molecular formula is C16H25NS. The summed E-state index contributed by atoms with van der Waals surface area (Å²) < 4.78 is 0. The molecule has 1 N–H and O–H groups in total. The molecule has 1 saturated heterocycles. The predicted octanol–water partition coefficient (Wildman–Crippen LogP) is 4.73. The second-order valence-electron chi connectivity index (χ2n) is 5.27. The first-order valence-corrected chi connectivity index (χ1v) is 8.31. The van der Waals surface area contributed by atoms with Gasteiger partial charge in [-0.3, -0.25) is 0 Å². The van der Waals surface area contributed by atoms with E-state index in [1.54, 1.807) is 0 Å². The van der Waals surface area contributed by atoms with E-state index in [1.165, 1.54) is 49.1 Å². The summed E-state index contributed by atoms with van der Waals surface area (Å²) >= 11 is 2.08. The van der Waals surface area contributed by atoms with Gasteiger partial charge in [0.1, 0.15) is 0 Å². The average molecular weight is 263 g/mol. The average Bonchev–Trinajstić information content (AvgIpc) is 2.78. The van der Waals surface area contributed by atoms with Crippen LogP contribution in [0.2, 0.25) is 0 Å². The molecule has 0 aromatic heterocycles. The number of hydrogen-bond donors (Lipinski definition) is 1. The summed E-state index contributed by atoms with van der Waals surface area (Å²) in [6.45, 7) is 4.59. The molecule has 0 radical (unpaired) electrons. The number of thioether (sulfide) groups is 1. The molecule has 1 aliphatic heterocycles. The van der Waals surface area contributed by atoms with E-state index in [1.807, 2.05) is 0 Å². The van der Waals surface area contributed by atoms with Crippen molar-refractivity contribution < 1.29 is 0 Å². The van der Waals surface area contributed by atoms with Gasteiger partial charge in [0.25, 0.3) is 0 Å². The summed E-state index contributed by atoms with van der Waals surface area (Å²) in [6, 6.07) is 9.71. The van der Waals surface area contributed by atoms with Crippen LogP contribution in [0, 0.1) is 0 Å². The van der Waals surface area contributed by atoms with Crippen molar-refractivity contribution in [3.63, 3.8) is 0 Å². The van der Waals surface area contributed by atoms with E-state index < -0.39 is 0 Å². The molecule has 1 fully saturated rings. The molecule has 0 saturated carbocycles. The highest BCUT2D eigenvalue weighted by Gasteiger charge is 2.23. The van der Waals surface area contributed by atoms with Crippen molar-refractivity contribution in [3.05, 3.63) is 29.8 Å². The summed E-state index contributed by atoms with van der Waals surface area (Å²) in [5.41, 5.74) is 2.76. The van der Waals surface area contributed by atoms with Gasteiger partial charge in [0.2, 0.25) is 0 Å². The molecule has 1 nitrogen and oxygen atoms in total. The number of anilines is 1. The van der Waals surface area contributed by atoms with Crippen LogP contribution in [0.3, 0.4) is 0 Å².